The second-order valence-electron chi connectivity index (χ2n) is 2.09. The molecule has 0 aromatic carbocycles. The first-order valence-electron chi connectivity index (χ1n) is 2.92. The minimum absolute atomic E-state index is 0. The molecule has 0 amide bonds. The predicted octanol–water partition coefficient (Wildman–Crippen LogP) is 0.0886. The zero-order chi connectivity index (χ0) is 8.32. The van der Waals surface area contributed by atoms with Crippen molar-refractivity contribution in [1.82, 2.24) is 4.98 Å². The van der Waals surface area contributed by atoms with Crippen LogP contribution in [0.2, 0.25) is 0 Å². The number of hydrogen-bond donors (Lipinski definition) is 1. The molecule has 0 fully saturated rings. The predicted molar refractivity (Wildman–Crippen MR) is 45.2 cm³/mol. The maximum Gasteiger partial charge on any atom is 0.269 e. The van der Waals surface area contributed by atoms with Gasteiger partial charge in [-0.1, -0.05) is 6.07 Å². The molecule has 1 radical (unpaired) electrons. The first-order chi connectivity index (χ1) is 5.08. The Bertz CT molecular complexity index is 324. The Labute approximate surface area is 93.1 Å². The van der Waals surface area contributed by atoms with Gasteiger partial charge in [0.15, 0.2) is 0 Å². The van der Waals surface area contributed by atoms with Gasteiger partial charge in [0.1, 0.15) is 5.75 Å². The van der Waals surface area contributed by atoms with Crippen LogP contribution in [-0.2, 0) is 15.9 Å². The van der Waals surface area contributed by atoms with Gasteiger partial charge in [-0.25, -0.2) is 0 Å². The van der Waals surface area contributed by atoms with Gasteiger partial charge in [0.25, 0.3) is 10.1 Å². The normalized spacial score (nSPS) is 10.4. The summed E-state index contributed by atoms with van der Waals surface area (Å²) in [7, 11) is -3.92. The third-order valence-electron chi connectivity index (χ3n) is 1.07. The smallest absolute Gasteiger partial charge is 0.269 e. The van der Waals surface area contributed by atoms with Crippen LogP contribution in [0.5, 0.6) is 0 Å². The molecule has 0 spiro atoms. The number of hydrogen-bond acceptors (Lipinski definition) is 3. The Morgan fingerprint density at radius 3 is 2.58 bits per heavy atom. The number of nitrogens with zero attached hydrogens (tertiary/aromatic N) is 1. The van der Waals surface area contributed by atoms with Crippen molar-refractivity contribution in [3.63, 3.8) is 0 Å². The van der Waals surface area contributed by atoms with Crippen molar-refractivity contribution in [2.45, 2.75) is 5.75 Å². The molecule has 0 saturated carbocycles. The third kappa shape index (κ3) is 4.84. The third-order valence-corrected chi connectivity index (χ3v) is 1.77. The van der Waals surface area contributed by atoms with Gasteiger partial charge in [0.2, 0.25) is 0 Å². The molecule has 1 heterocycles. The van der Waals surface area contributed by atoms with Crippen molar-refractivity contribution in [3.05, 3.63) is 30.1 Å². The molecule has 0 aliphatic rings. The van der Waals surface area contributed by atoms with Gasteiger partial charge in [-0.05, 0) is 11.6 Å². The Hall–Kier alpha value is 0.0600. The summed E-state index contributed by atoms with van der Waals surface area (Å²) in [4.78, 5) is 3.69. The van der Waals surface area contributed by atoms with E-state index in [1.54, 1.807) is 12.1 Å². The van der Waals surface area contributed by atoms with Crippen molar-refractivity contribution in [2.75, 3.05) is 0 Å². The fraction of sp³-hybridized carbons (Fsp3) is 0.167. The van der Waals surface area contributed by atoms with Crippen molar-refractivity contribution < 1.29 is 13.0 Å². The van der Waals surface area contributed by atoms with E-state index in [1.165, 1.54) is 12.4 Å². The minimum Gasteiger partial charge on any atom is -0.285 e. The maximum absolute atomic E-state index is 10.3. The van der Waals surface area contributed by atoms with E-state index in [4.69, 9.17) is 4.55 Å². The Balaban J connectivity index is 0.00000121. The van der Waals surface area contributed by atoms with Crippen LogP contribution in [0.1, 0.15) is 5.56 Å². The largest absolute Gasteiger partial charge is 0.285 e. The van der Waals surface area contributed by atoms with E-state index >= 15 is 0 Å². The molecule has 0 aliphatic carbocycles. The van der Waals surface area contributed by atoms with Crippen molar-refractivity contribution in [3.8, 4) is 0 Å². The standard InChI is InChI=1S/C6H7NO3S.Na/c8-11(9,10)5-6-2-1-3-7-4-6;/h1-4H,5H2,(H,8,9,10);. The van der Waals surface area contributed by atoms with Gasteiger partial charge in [-0.3, -0.25) is 9.54 Å². The second-order valence-corrected chi connectivity index (χ2v) is 3.54. The summed E-state index contributed by atoms with van der Waals surface area (Å²) in [6, 6.07) is 3.20. The van der Waals surface area contributed by atoms with Gasteiger partial charge >= 0.3 is 0 Å². The Kier molecular flexibility index (Phi) is 4.96. The van der Waals surface area contributed by atoms with Crippen LogP contribution in [0.3, 0.4) is 0 Å². The van der Waals surface area contributed by atoms with E-state index in [0.717, 1.165) is 0 Å². The molecule has 1 aromatic rings. The molecule has 0 aliphatic heterocycles. The zero-order valence-electron chi connectivity index (χ0n) is 6.64. The Morgan fingerprint density at radius 2 is 2.17 bits per heavy atom. The molecule has 1 aromatic heterocycles. The fourth-order valence-corrected chi connectivity index (χ4v) is 1.29. The van der Waals surface area contributed by atoms with Crippen LogP contribution in [0.4, 0.5) is 0 Å². The number of rotatable bonds is 2. The summed E-state index contributed by atoms with van der Waals surface area (Å²) in [5, 5.41) is 0. The molecule has 0 bridgehead atoms. The van der Waals surface area contributed by atoms with E-state index < -0.39 is 10.1 Å². The molecule has 12 heavy (non-hydrogen) atoms. The molecule has 1 rings (SSSR count). The minimum atomic E-state index is -3.92. The van der Waals surface area contributed by atoms with E-state index in [-0.39, 0.29) is 35.3 Å². The second kappa shape index (κ2) is 4.94. The van der Waals surface area contributed by atoms with E-state index in [0.29, 0.717) is 5.56 Å². The van der Waals surface area contributed by atoms with Crippen molar-refractivity contribution in [2.24, 2.45) is 0 Å². The summed E-state index contributed by atoms with van der Waals surface area (Å²) in [5.41, 5.74) is 0.481. The summed E-state index contributed by atoms with van der Waals surface area (Å²) < 4.78 is 29.1. The molecule has 4 nitrogen and oxygen atoms in total. The zero-order valence-corrected chi connectivity index (χ0v) is 9.45. The van der Waals surface area contributed by atoms with Gasteiger partial charge in [-0.15, -0.1) is 0 Å². The molecular formula is C6H7NNaO3S. The maximum atomic E-state index is 10.3. The van der Waals surface area contributed by atoms with Crippen LogP contribution >= 0.6 is 0 Å². The van der Waals surface area contributed by atoms with Gasteiger partial charge in [0, 0.05) is 42.0 Å². The van der Waals surface area contributed by atoms with E-state index in [1.807, 2.05) is 0 Å². The monoisotopic (exact) mass is 196 g/mol. The SMILES string of the molecule is O=S(=O)(O)Cc1cccnc1.[Na]. The van der Waals surface area contributed by atoms with E-state index in [2.05, 4.69) is 4.98 Å². The average molecular weight is 196 g/mol. The topological polar surface area (TPSA) is 67.3 Å². The summed E-state index contributed by atoms with van der Waals surface area (Å²) in [6.07, 6.45) is 2.93. The molecule has 61 valence electrons. The summed E-state index contributed by atoms with van der Waals surface area (Å²) in [5.74, 6) is -0.374. The number of aromatic nitrogens is 1. The van der Waals surface area contributed by atoms with Crippen LogP contribution in [0, 0.1) is 0 Å². The molecule has 0 saturated heterocycles. The van der Waals surface area contributed by atoms with E-state index in [9.17, 15) is 8.42 Å². The van der Waals surface area contributed by atoms with Crippen LogP contribution in [0.15, 0.2) is 24.5 Å². The van der Waals surface area contributed by atoms with Crippen LogP contribution in [0.25, 0.3) is 0 Å². The number of pyridine rings is 1. The van der Waals surface area contributed by atoms with Gasteiger partial charge in [0.05, 0.1) is 0 Å². The van der Waals surface area contributed by atoms with Gasteiger partial charge < -0.3 is 0 Å². The molecular weight excluding hydrogens is 189 g/mol. The molecule has 0 unspecified atom stereocenters. The molecule has 0 atom stereocenters. The first kappa shape index (κ1) is 12.1. The average Bonchev–Trinajstić information content (AvgIpc) is 1.85. The van der Waals surface area contributed by atoms with Crippen molar-refractivity contribution in [1.29, 1.82) is 0 Å². The van der Waals surface area contributed by atoms with Crippen molar-refractivity contribution >= 4 is 39.7 Å². The summed E-state index contributed by atoms with van der Waals surface area (Å²) >= 11 is 0. The molecule has 1 N–H and O–H groups in total. The quantitative estimate of drug-likeness (QED) is 0.537. The van der Waals surface area contributed by atoms with Crippen LogP contribution in [-0.4, -0.2) is 47.5 Å². The molecule has 6 heteroatoms. The Morgan fingerprint density at radius 1 is 1.50 bits per heavy atom. The first-order valence-corrected chi connectivity index (χ1v) is 4.53. The fourth-order valence-electron chi connectivity index (χ4n) is 0.694. The summed E-state index contributed by atoms with van der Waals surface area (Å²) in [6.45, 7) is 0. The van der Waals surface area contributed by atoms with Gasteiger partial charge in [-0.2, -0.15) is 8.42 Å². The van der Waals surface area contributed by atoms with Crippen LogP contribution < -0.4 is 0 Å².